The average molecular weight is 494 g/mol. The standard InChI is InChI=1S/C22H27N3O4S3/c1-15-7-9-25(10-8-15)22(30)32-14-21(27)29-12-16-13-31-20(23-16)11-19(26)24-17-5-3-4-6-18(17)28-2/h3-6,13,15H,7-12,14H2,1-2H3,(H,24,26). The summed E-state index contributed by atoms with van der Waals surface area (Å²) in [5.74, 6) is 0.998. The summed E-state index contributed by atoms with van der Waals surface area (Å²) in [6.07, 6.45) is 2.40. The molecule has 1 aliphatic rings. The van der Waals surface area contributed by atoms with Crippen LogP contribution in [0.1, 0.15) is 30.5 Å². The fraction of sp³-hybridized carbons (Fsp3) is 0.455. The van der Waals surface area contributed by atoms with Crippen molar-refractivity contribution in [2.75, 3.05) is 31.3 Å². The van der Waals surface area contributed by atoms with E-state index >= 15 is 0 Å². The monoisotopic (exact) mass is 493 g/mol. The number of benzene rings is 1. The quantitative estimate of drug-likeness (QED) is 0.434. The summed E-state index contributed by atoms with van der Waals surface area (Å²) >= 11 is 8.15. The highest BCUT2D eigenvalue weighted by Gasteiger charge is 2.19. The highest BCUT2D eigenvalue weighted by atomic mass is 32.2. The predicted molar refractivity (Wildman–Crippen MR) is 132 cm³/mol. The maximum absolute atomic E-state index is 12.3. The van der Waals surface area contributed by atoms with Crippen LogP contribution in [0.15, 0.2) is 29.6 Å². The summed E-state index contributed by atoms with van der Waals surface area (Å²) in [7, 11) is 1.56. The molecule has 1 fully saturated rings. The molecule has 0 aliphatic carbocycles. The Bertz CT molecular complexity index is 942. The van der Waals surface area contributed by atoms with E-state index in [0.717, 1.165) is 36.2 Å². The Kier molecular flexibility index (Phi) is 9.31. The van der Waals surface area contributed by atoms with Crippen LogP contribution >= 0.6 is 35.3 Å². The van der Waals surface area contributed by atoms with E-state index in [1.165, 1.54) is 23.1 Å². The van der Waals surface area contributed by atoms with E-state index in [4.69, 9.17) is 21.7 Å². The molecule has 0 bridgehead atoms. The number of ether oxygens (including phenoxy) is 2. The number of likely N-dealkylation sites (tertiary alicyclic amines) is 1. The van der Waals surface area contributed by atoms with Crippen molar-refractivity contribution >= 4 is 57.2 Å². The third kappa shape index (κ3) is 7.46. The van der Waals surface area contributed by atoms with Gasteiger partial charge in [0.15, 0.2) is 0 Å². The van der Waals surface area contributed by atoms with Crippen molar-refractivity contribution in [3.63, 3.8) is 0 Å². The van der Waals surface area contributed by atoms with Gasteiger partial charge in [0.2, 0.25) is 5.91 Å². The molecule has 172 valence electrons. The zero-order chi connectivity index (χ0) is 22.9. The summed E-state index contributed by atoms with van der Waals surface area (Å²) < 4.78 is 11.3. The maximum Gasteiger partial charge on any atom is 0.316 e. The summed E-state index contributed by atoms with van der Waals surface area (Å²) in [6, 6.07) is 7.22. The number of anilines is 1. The maximum atomic E-state index is 12.3. The molecular formula is C22H27N3O4S3. The zero-order valence-electron chi connectivity index (χ0n) is 18.2. The van der Waals surface area contributed by atoms with Crippen molar-refractivity contribution < 1.29 is 19.1 Å². The van der Waals surface area contributed by atoms with Gasteiger partial charge in [-0.25, -0.2) is 4.98 Å². The number of methoxy groups -OCH3 is 1. The lowest BCUT2D eigenvalue weighted by Gasteiger charge is -2.31. The fourth-order valence-electron chi connectivity index (χ4n) is 3.18. The molecule has 10 heteroatoms. The van der Waals surface area contributed by atoms with Gasteiger partial charge in [-0.1, -0.05) is 43.0 Å². The number of nitrogens with zero attached hydrogens (tertiary/aromatic N) is 2. The van der Waals surface area contributed by atoms with Gasteiger partial charge >= 0.3 is 5.97 Å². The van der Waals surface area contributed by atoms with Gasteiger partial charge in [-0.15, -0.1) is 11.3 Å². The van der Waals surface area contributed by atoms with Crippen molar-refractivity contribution in [2.24, 2.45) is 5.92 Å². The number of nitrogens with one attached hydrogen (secondary N) is 1. The Hall–Kier alpha value is -2.17. The molecule has 0 saturated carbocycles. The van der Waals surface area contributed by atoms with E-state index in [1.54, 1.807) is 24.6 Å². The number of amides is 1. The summed E-state index contributed by atoms with van der Waals surface area (Å²) in [6.45, 7) is 4.24. The van der Waals surface area contributed by atoms with Crippen molar-refractivity contribution in [1.29, 1.82) is 0 Å². The number of hydrogen-bond donors (Lipinski definition) is 1. The molecule has 1 aliphatic heterocycles. The molecule has 1 aromatic heterocycles. The van der Waals surface area contributed by atoms with E-state index in [1.807, 2.05) is 12.1 Å². The van der Waals surface area contributed by atoms with Gasteiger partial charge < -0.3 is 19.7 Å². The highest BCUT2D eigenvalue weighted by Crippen LogP contribution is 2.24. The van der Waals surface area contributed by atoms with Crippen LogP contribution in [0.5, 0.6) is 5.75 Å². The molecule has 2 aromatic rings. The number of thiocarbonyl (C=S) groups is 1. The molecule has 3 rings (SSSR count). The Balaban J connectivity index is 1.38. The lowest BCUT2D eigenvalue weighted by Crippen LogP contribution is -2.35. The van der Waals surface area contributed by atoms with Crippen molar-refractivity contribution in [2.45, 2.75) is 32.8 Å². The Labute approximate surface area is 201 Å². The Morgan fingerprint density at radius 1 is 1.31 bits per heavy atom. The van der Waals surface area contributed by atoms with Crippen molar-refractivity contribution in [3.8, 4) is 5.75 Å². The number of thioether (sulfide) groups is 1. The third-order valence-corrected chi connectivity index (χ3v) is 7.42. The van der Waals surface area contributed by atoms with E-state index in [-0.39, 0.29) is 30.7 Å². The molecule has 7 nitrogen and oxygen atoms in total. The number of thiazole rings is 1. The first-order chi connectivity index (χ1) is 15.4. The number of para-hydroxylation sites is 2. The number of carbonyl (C=O) groups excluding carboxylic acids is 2. The van der Waals surface area contributed by atoms with E-state index < -0.39 is 0 Å². The Morgan fingerprint density at radius 2 is 2.06 bits per heavy atom. The molecule has 0 spiro atoms. The number of rotatable bonds is 8. The van der Waals surface area contributed by atoms with Crippen molar-refractivity contribution in [1.82, 2.24) is 9.88 Å². The van der Waals surface area contributed by atoms with E-state index in [2.05, 4.69) is 22.1 Å². The largest absolute Gasteiger partial charge is 0.495 e. The molecule has 1 amide bonds. The van der Waals surface area contributed by atoms with Crippen LogP contribution in [0.4, 0.5) is 5.69 Å². The molecular weight excluding hydrogens is 466 g/mol. The normalized spacial score (nSPS) is 14.1. The number of piperidine rings is 1. The first-order valence-corrected chi connectivity index (χ1v) is 12.7. The topological polar surface area (TPSA) is 80.8 Å². The molecule has 0 atom stereocenters. The van der Waals surface area contributed by atoms with Crippen LogP contribution in [-0.4, -0.2) is 52.0 Å². The first-order valence-electron chi connectivity index (χ1n) is 10.4. The minimum atomic E-state index is -0.328. The second kappa shape index (κ2) is 12.2. The van der Waals surface area contributed by atoms with Crippen LogP contribution in [0.3, 0.4) is 0 Å². The van der Waals surface area contributed by atoms with Gasteiger partial charge in [-0.2, -0.15) is 0 Å². The second-order valence-corrected chi connectivity index (χ2v) is 10.1. The fourth-order valence-corrected chi connectivity index (χ4v) is 5.00. The van der Waals surface area contributed by atoms with Crippen LogP contribution in [0.2, 0.25) is 0 Å². The van der Waals surface area contributed by atoms with Gasteiger partial charge in [0.05, 0.1) is 30.7 Å². The van der Waals surface area contributed by atoms with Crippen LogP contribution in [0.25, 0.3) is 0 Å². The lowest BCUT2D eigenvalue weighted by molar-refractivity contribution is -0.141. The Morgan fingerprint density at radius 3 is 2.81 bits per heavy atom. The van der Waals surface area contributed by atoms with Gasteiger partial charge in [-0.05, 0) is 30.9 Å². The summed E-state index contributed by atoms with van der Waals surface area (Å²) in [5, 5.41) is 5.27. The molecule has 1 N–H and O–H groups in total. The van der Waals surface area contributed by atoms with Gasteiger partial charge in [0.25, 0.3) is 0 Å². The summed E-state index contributed by atoms with van der Waals surface area (Å²) in [4.78, 5) is 31.0. The average Bonchev–Trinajstić information content (AvgIpc) is 3.24. The van der Waals surface area contributed by atoms with Crippen LogP contribution < -0.4 is 10.1 Å². The molecule has 1 saturated heterocycles. The number of carbonyl (C=O) groups is 2. The third-order valence-electron chi connectivity index (χ3n) is 5.03. The minimum absolute atomic E-state index is 0.0814. The smallest absolute Gasteiger partial charge is 0.316 e. The highest BCUT2D eigenvalue weighted by molar-refractivity contribution is 8.23. The minimum Gasteiger partial charge on any atom is -0.495 e. The second-order valence-electron chi connectivity index (χ2n) is 7.54. The van der Waals surface area contributed by atoms with Crippen LogP contribution in [-0.2, 0) is 27.4 Å². The van der Waals surface area contributed by atoms with Gasteiger partial charge in [-0.3, -0.25) is 9.59 Å². The lowest BCUT2D eigenvalue weighted by atomic mass is 10.00. The predicted octanol–water partition coefficient (Wildman–Crippen LogP) is 4.13. The van der Waals surface area contributed by atoms with E-state index in [9.17, 15) is 9.59 Å². The number of esters is 1. The molecule has 1 aromatic carbocycles. The number of hydrogen-bond acceptors (Lipinski definition) is 8. The molecule has 0 radical (unpaired) electrons. The molecule has 0 unspecified atom stereocenters. The summed E-state index contributed by atoms with van der Waals surface area (Å²) in [5.41, 5.74) is 1.24. The van der Waals surface area contributed by atoms with Gasteiger partial charge in [0, 0.05) is 18.5 Å². The zero-order valence-corrected chi connectivity index (χ0v) is 20.6. The molecule has 32 heavy (non-hydrogen) atoms. The van der Waals surface area contributed by atoms with Crippen molar-refractivity contribution in [3.05, 3.63) is 40.3 Å². The van der Waals surface area contributed by atoms with E-state index in [0.29, 0.717) is 22.1 Å². The van der Waals surface area contributed by atoms with Crippen LogP contribution in [0, 0.1) is 5.92 Å². The van der Waals surface area contributed by atoms with Gasteiger partial charge in [0.1, 0.15) is 21.7 Å². The first kappa shape index (κ1) is 24.5. The molecule has 2 heterocycles. The number of aromatic nitrogens is 1. The SMILES string of the molecule is COc1ccccc1NC(=O)Cc1nc(COC(=O)CSC(=S)N2CCC(C)CC2)cs1.